The summed E-state index contributed by atoms with van der Waals surface area (Å²) in [5.41, 5.74) is 1.54. The van der Waals surface area contributed by atoms with Crippen molar-refractivity contribution in [2.75, 3.05) is 16.8 Å². The lowest BCUT2D eigenvalue weighted by atomic mass is 9.98. The van der Waals surface area contributed by atoms with Crippen molar-refractivity contribution in [1.29, 1.82) is 0 Å². The summed E-state index contributed by atoms with van der Waals surface area (Å²) in [6.07, 6.45) is 2.38. The lowest BCUT2D eigenvalue weighted by Gasteiger charge is -2.25. The van der Waals surface area contributed by atoms with Crippen LogP contribution < -0.4 is 15.0 Å². The minimum absolute atomic E-state index is 0.0775. The van der Waals surface area contributed by atoms with Gasteiger partial charge in [0.1, 0.15) is 17.6 Å². The molecule has 1 aliphatic heterocycles. The molecule has 35 heavy (non-hydrogen) atoms. The van der Waals surface area contributed by atoms with E-state index in [1.165, 1.54) is 11.8 Å². The number of rotatable bonds is 7. The first-order valence-electron chi connectivity index (χ1n) is 11.2. The van der Waals surface area contributed by atoms with E-state index >= 15 is 0 Å². The van der Waals surface area contributed by atoms with Gasteiger partial charge in [0.2, 0.25) is 5.91 Å². The normalized spacial score (nSPS) is 16.9. The van der Waals surface area contributed by atoms with Crippen LogP contribution in [0, 0.1) is 0 Å². The van der Waals surface area contributed by atoms with E-state index in [1.807, 2.05) is 6.92 Å². The number of aliphatic hydroxyl groups is 1. The number of ether oxygens (including phenoxy) is 1. The van der Waals surface area contributed by atoms with E-state index in [-0.39, 0.29) is 17.2 Å². The molecule has 8 heteroatoms. The van der Waals surface area contributed by atoms with Crippen LogP contribution in [-0.4, -0.2) is 34.3 Å². The molecular weight excluding hydrogens is 446 g/mol. The summed E-state index contributed by atoms with van der Waals surface area (Å²) in [6.45, 7) is 3.87. The Morgan fingerprint density at radius 1 is 1.09 bits per heavy atom. The Morgan fingerprint density at radius 2 is 1.89 bits per heavy atom. The molecule has 0 bridgehead atoms. The first-order chi connectivity index (χ1) is 16.9. The number of pyridine rings is 1. The van der Waals surface area contributed by atoms with Gasteiger partial charge in [-0.2, -0.15) is 0 Å². The van der Waals surface area contributed by atoms with E-state index in [4.69, 9.17) is 4.74 Å². The SMILES string of the molecule is CCCOc1cccc(/C(O)=C2\C(=O)C(=O)N(c3cccc(NC(C)=O)c3)C2c2ccccn2)c1. The molecule has 2 aromatic carbocycles. The fraction of sp³-hybridized carbons (Fsp3) is 0.185. The van der Waals surface area contributed by atoms with Gasteiger partial charge in [0.05, 0.1) is 17.9 Å². The van der Waals surface area contributed by atoms with Gasteiger partial charge >= 0.3 is 0 Å². The molecule has 2 amide bonds. The van der Waals surface area contributed by atoms with Crippen LogP contribution in [0.4, 0.5) is 11.4 Å². The Morgan fingerprint density at radius 3 is 2.60 bits per heavy atom. The second kappa shape index (κ2) is 10.2. The van der Waals surface area contributed by atoms with Crippen LogP contribution in [-0.2, 0) is 14.4 Å². The van der Waals surface area contributed by atoms with Crippen molar-refractivity contribution in [3.63, 3.8) is 0 Å². The highest BCUT2D eigenvalue weighted by molar-refractivity contribution is 6.51. The lowest BCUT2D eigenvalue weighted by Crippen LogP contribution is -2.30. The first kappa shape index (κ1) is 23.7. The molecule has 1 unspecified atom stereocenters. The van der Waals surface area contributed by atoms with Crippen molar-refractivity contribution in [3.05, 3.63) is 89.8 Å². The van der Waals surface area contributed by atoms with Crippen LogP contribution in [0.2, 0.25) is 0 Å². The molecule has 8 nitrogen and oxygen atoms in total. The third kappa shape index (κ3) is 4.91. The van der Waals surface area contributed by atoms with E-state index in [9.17, 15) is 19.5 Å². The minimum atomic E-state index is -0.969. The number of ketones is 1. The highest BCUT2D eigenvalue weighted by atomic mass is 16.5. The maximum atomic E-state index is 13.3. The molecule has 0 saturated carbocycles. The number of aliphatic hydroxyl groups excluding tert-OH is 1. The molecule has 3 aromatic rings. The number of Topliss-reactive ketones (excluding diaryl/α,β-unsaturated/α-hetero) is 1. The lowest BCUT2D eigenvalue weighted by molar-refractivity contribution is -0.132. The number of nitrogens with zero attached hydrogens (tertiary/aromatic N) is 2. The Bertz CT molecular complexity index is 1300. The van der Waals surface area contributed by atoms with Crippen molar-refractivity contribution in [3.8, 4) is 5.75 Å². The fourth-order valence-electron chi connectivity index (χ4n) is 3.96. The fourth-order valence-corrected chi connectivity index (χ4v) is 3.96. The van der Waals surface area contributed by atoms with E-state index in [1.54, 1.807) is 72.9 Å². The number of hydrogen-bond acceptors (Lipinski definition) is 6. The molecule has 1 fully saturated rings. The summed E-state index contributed by atoms with van der Waals surface area (Å²) in [7, 11) is 0. The third-order valence-electron chi connectivity index (χ3n) is 5.44. The highest BCUT2D eigenvalue weighted by Gasteiger charge is 2.47. The molecule has 4 rings (SSSR count). The van der Waals surface area contributed by atoms with Gasteiger partial charge in [0.25, 0.3) is 11.7 Å². The van der Waals surface area contributed by atoms with Crippen molar-refractivity contribution >= 4 is 34.7 Å². The molecule has 1 aromatic heterocycles. The van der Waals surface area contributed by atoms with Crippen molar-refractivity contribution in [1.82, 2.24) is 4.98 Å². The predicted octanol–water partition coefficient (Wildman–Crippen LogP) is 4.46. The zero-order valence-electron chi connectivity index (χ0n) is 19.4. The second-order valence-electron chi connectivity index (χ2n) is 8.03. The number of anilines is 2. The Hall–Kier alpha value is -4.46. The summed E-state index contributed by atoms with van der Waals surface area (Å²) in [6, 6.07) is 17.5. The molecule has 1 atom stereocenters. The van der Waals surface area contributed by atoms with Gasteiger partial charge in [0, 0.05) is 30.1 Å². The average Bonchev–Trinajstić information content (AvgIpc) is 3.13. The number of amides is 2. The molecule has 1 aliphatic rings. The molecular formula is C27H25N3O5. The van der Waals surface area contributed by atoms with Crippen LogP contribution in [0.15, 0.2) is 78.5 Å². The van der Waals surface area contributed by atoms with Gasteiger partial charge in [-0.3, -0.25) is 24.3 Å². The van der Waals surface area contributed by atoms with Gasteiger partial charge in [-0.25, -0.2) is 0 Å². The number of hydrogen-bond donors (Lipinski definition) is 2. The molecule has 0 aliphatic carbocycles. The average molecular weight is 472 g/mol. The van der Waals surface area contributed by atoms with Crippen molar-refractivity contribution in [2.45, 2.75) is 26.3 Å². The summed E-state index contributed by atoms with van der Waals surface area (Å²) in [5.74, 6) is -1.68. The van der Waals surface area contributed by atoms with Crippen LogP contribution >= 0.6 is 0 Å². The standard InChI is InChI=1S/C27H25N3O5/c1-3-14-35-21-11-6-8-18(15-21)25(32)23-24(22-12-4-5-13-28-22)30(27(34)26(23)33)20-10-7-9-19(16-20)29-17(2)31/h4-13,15-16,24,32H,3,14H2,1-2H3,(H,29,31)/b25-23+. The largest absolute Gasteiger partial charge is 0.507 e. The van der Waals surface area contributed by atoms with Gasteiger partial charge in [-0.1, -0.05) is 31.2 Å². The van der Waals surface area contributed by atoms with Gasteiger partial charge < -0.3 is 15.2 Å². The molecule has 1 saturated heterocycles. The molecule has 2 heterocycles. The maximum Gasteiger partial charge on any atom is 0.300 e. The van der Waals surface area contributed by atoms with Crippen molar-refractivity contribution < 1.29 is 24.2 Å². The number of carbonyl (C=O) groups is 3. The predicted molar refractivity (Wildman–Crippen MR) is 132 cm³/mol. The van der Waals surface area contributed by atoms with Crippen LogP contribution in [0.25, 0.3) is 5.76 Å². The number of carbonyl (C=O) groups excluding carboxylic acids is 3. The number of aromatic nitrogens is 1. The first-order valence-corrected chi connectivity index (χ1v) is 11.2. The smallest absolute Gasteiger partial charge is 0.300 e. The van der Waals surface area contributed by atoms with Gasteiger partial charge in [-0.05, 0) is 48.9 Å². The Labute approximate surface area is 202 Å². The minimum Gasteiger partial charge on any atom is -0.507 e. The molecule has 2 N–H and O–H groups in total. The zero-order chi connectivity index (χ0) is 24.9. The summed E-state index contributed by atoms with van der Waals surface area (Å²) < 4.78 is 5.66. The van der Waals surface area contributed by atoms with Crippen molar-refractivity contribution in [2.24, 2.45) is 0 Å². The Balaban J connectivity index is 1.86. The van der Waals surface area contributed by atoms with Crippen LogP contribution in [0.1, 0.15) is 37.6 Å². The topological polar surface area (TPSA) is 109 Å². The van der Waals surface area contributed by atoms with Crippen LogP contribution in [0.5, 0.6) is 5.75 Å². The summed E-state index contributed by atoms with van der Waals surface area (Å²) in [5, 5.41) is 13.9. The van der Waals surface area contributed by atoms with Gasteiger partial charge in [-0.15, -0.1) is 0 Å². The monoisotopic (exact) mass is 471 g/mol. The molecule has 178 valence electrons. The molecule has 0 radical (unpaired) electrons. The van der Waals surface area contributed by atoms with E-state index in [0.29, 0.717) is 35.0 Å². The molecule has 0 spiro atoms. The summed E-state index contributed by atoms with van der Waals surface area (Å²) in [4.78, 5) is 43.7. The number of nitrogens with one attached hydrogen (secondary N) is 1. The second-order valence-corrected chi connectivity index (χ2v) is 8.03. The van der Waals surface area contributed by atoms with E-state index in [0.717, 1.165) is 6.42 Å². The van der Waals surface area contributed by atoms with Gasteiger partial charge in [0.15, 0.2) is 0 Å². The highest BCUT2D eigenvalue weighted by Crippen LogP contribution is 2.42. The Kier molecular flexibility index (Phi) is 6.91. The third-order valence-corrected chi connectivity index (χ3v) is 5.44. The van der Waals surface area contributed by atoms with E-state index in [2.05, 4.69) is 10.3 Å². The zero-order valence-corrected chi connectivity index (χ0v) is 19.4. The maximum absolute atomic E-state index is 13.3. The van der Waals surface area contributed by atoms with Crippen LogP contribution in [0.3, 0.4) is 0 Å². The summed E-state index contributed by atoms with van der Waals surface area (Å²) >= 11 is 0. The van der Waals surface area contributed by atoms with E-state index < -0.39 is 17.7 Å². The number of benzene rings is 2. The quantitative estimate of drug-likeness (QED) is 0.299.